The minimum Gasteiger partial charge on any atom is -0.378 e. The highest BCUT2D eigenvalue weighted by Gasteiger charge is 2.33. The maximum Gasteiger partial charge on any atom is 0.224 e. The van der Waals surface area contributed by atoms with Crippen LogP contribution in [0.4, 0.5) is 22.7 Å². The third-order valence-corrected chi connectivity index (χ3v) is 8.00. The molecule has 2 aromatic rings. The zero-order chi connectivity index (χ0) is 25.2. The average Bonchev–Trinajstić information content (AvgIpc) is 2.89. The lowest BCUT2D eigenvalue weighted by Crippen LogP contribution is -2.49. The number of nitrogens with one attached hydrogen (secondary N) is 1. The van der Waals surface area contributed by atoms with Gasteiger partial charge in [0.25, 0.3) is 0 Å². The lowest BCUT2D eigenvalue weighted by atomic mass is 9.90. The number of benzene rings is 2. The largest absolute Gasteiger partial charge is 0.378 e. The van der Waals surface area contributed by atoms with Gasteiger partial charge in [-0.25, -0.2) is 0 Å². The van der Waals surface area contributed by atoms with Gasteiger partial charge in [-0.15, -0.1) is 0 Å². The van der Waals surface area contributed by atoms with Gasteiger partial charge in [0.2, 0.25) is 5.91 Å². The first-order chi connectivity index (χ1) is 17.4. The molecule has 5 rings (SSSR count). The number of morpholine rings is 1. The molecule has 3 aliphatic rings. The Hall–Kier alpha value is -2.77. The molecule has 0 bridgehead atoms. The molecule has 36 heavy (non-hydrogen) atoms. The van der Waals surface area contributed by atoms with Gasteiger partial charge < -0.3 is 24.8 Å². The Morgan fingerprint density at radius 3 is 2.19 bits per heavy atom. The molecular formula is C29H41N5O2. The maximum atomic E-state index is 12.6. The van der Waals surface area contributed by atoms with E-state index in [1.807, 2.05) is 4.90 Å². The van der Waals surface area contributed by atoms with Crippen molar-refractivity contribution in [2.45, 2.75) is 52.2 Å². The van der Waals surface area contributed by atoms with Crippen LogP contribution in [-0.4, -0.2) is 75.4 Å². The second kappa shape index (κ2) is 10.7. The summed E-state index contributed by atoms with van der Waals surface area (Å²) in [5.74, 6) is 0.107. The van der Waals surface area contributed by atoms with Crippen LogP contribution in [0, 0.1) is 0 Å². The van der Waals surface area contributed by atoms with Crippen LogP contribution < -0.4 is 20.0 Å². The Morgan fingerprint density at radius 2 is 1.56 bits per heavy atom. The van der Waals surface area contributed by atoms with Crippen molar-refractivity contribution in [1.29, 1.82) is 0 Å². The molecule has 7 nitrogen and oxygen atoms in total. The molecule has 0 aromatic heterocycles. The van der Waals surface area contributed by atoms with E-state index in [0.717, 1.165) is 70.3 Å². The van der Waals surface area contributed by atoms with E-state index in [9.17, 15) is 4.79 Å². The van der Waals surface area contributed by atoms with Crippen molar-refractivity contribution in [1.82, 2.24) is 4.90 Å². The number of hydrogen-bond acceptors (Lipinski definition) is 6. The van der Waals surface area contributed by atoms with E-state index in [0.29, 0.717) is 6.04 Å². The number of amides is 1. The molecule has 0 radical (unpaired) electrons. The van der Waals surface area contributed by atoms with Crippen molar-refractivity contribution in [2.75, 3.05) is 72.5 Å². The summed E-state index contributed by atoms with van der Waals surface area (Å²) in [6, 6.07) is 16.3. The molecule has 0 spiro atoms. The molecule has 3 aliphatic heterocycles. The Bertz CT molecular complexity index is 1040. The number of carbonyl (C=O) groups is 1. The molecule has 0 saturated carbocycles. The molecule has 2 atom stereocenters. The van der Waals surface area contributed by atoms with Gasteiger partial charge in [0.1, 0.15) is 0 Å². The SMILES string of the molecule is CC(=O)N1c2ccc(N3CCN(C(C)C)CC3)cc2C(Nc2ccc(N3CCOCC3)cc2)CC1C. The quantitative estimate of drug-likeness (QED) is 0.671. The minimum absolute atomic E-state index is 0.107. The molecule has 3 heterocycles. The fourth-order valence-electron chi connectivity index (χ4n) is 5.95. The van der Waals surface area contributed by atoms with Gasteiger partial charge >= 0.3 is 0 Å². The zero-order valence-corrected chi connectivity index (χ0v) is 22.2. The van der Waals surface area contributed by atoms with Crippen molar-refractivity contribution < 1.29 is 9.53 Å². The summed E-state index contributed by atoms with van der Waals surface area (Å²) in [5, 5.41) is 3.80. The van der Waals surface area contributed by atoms with E-state index in [1.165, 1.54) is 16.9 Å². The number of anilines is 4. The van der Waals surface area contributed by atoms with Crippen LogP contribution in [0.5, 0.6) is 0 Å². The highest BCUT2D eigenvalue weighted by atomic mass is 16.5. The number of carbonyl (C=O) groups excluding carboxylic acids is 1. The molecule has 2 unspecified atom stereocenters. The zero-order valence-electron chi connectivity index (χ0n) is 22.2. The predicted octanol–water partition coefficient (Wildman–Crippen LogP) is 4.35. The highest BCUT2D eigenvalue weighted by molar-refractivity contribution is 5.94. The van der Waals surface area contributed by atoms with Gasteiger partial charge in [0.05, 0.1) is 19.3 Å². The minimum atomic E-state index is 0.107. The number of fused-ring (bicyclic) bond motifs is 1. The third-order valence-electron chi connectivity index (χ3n) is 8.00. The predicted molar refractivity (Wildman–Crippen MR) is 148 cm³/mol. The van der Waals surface area contributed by atoms with Crippen LogP contribution >= 0.6 is 0 Å². The molecule has 1 amide bonds. The van der Waals surface area contributed by atoms with Crippen LogP contribution in [-0.2, 0) is 9.53 Å². The van der Waals surface area contributed by atoms with E-state index in [1.54, 1.807) is 6.92 Å². The number of ether oxygens (including phenoxy) is 1. The lowest BCUT2D eigenvalue weighted by molar-refractivity contribution is -0.117. The average molecular weight is 492 g/mol. The van der Waals surface area contributed by atoms with Crippen LogP contribution in [0.2, 0.25) is 0 Å². The van der Waals surface area contributed by atoms with E-state index in [4.69, 9.17) is 4.74 Å². The summed E-state index contributed by atoms with van der Waals surface area (Å²) < 4.78 is 5.50. The van der Waals surface area contributed by atoms with Crippen molar-refractivity contribution in [3.8, 4) is 0 Å². The monoisotopic (exact) mass is 491 g/mol. The summed E-state index contributed by atoms with van der Waals surface area (Å²) in [7, 11) is 0. The molecule has 7 heteroatoms. The summed E-state index contributed by atoms with van der Waals surface area (Å²) in [6.45, 7) is 16.1. The molecular weight excluding hydrogens is 450 g/mol. The first-order valence-corrected chi connectivity index (χ1v) is 13.5. The first kappa shape index (κ1) is 24.9. The second-order valence-electron chi connectivity index (χ2n) is 10.7. The van der Waals surface area contributed by atoms with Crippen LogP contribution in [0.3, 0.4) is 0 Å². The van der Waals surface area contributed by atoms with Crippen molar-refractivity contribution >= 4 is 28.7 Å². The van der Waals surface area contributed by atoms with Crippen LogP contribution in [0.1, 0.15) is 45.7 Å². The fourth-order valence-corrected chi connectivity index (χ4v) is 5.95. The lowest BCUT2D eigenvalue weighted by Gasteiger charge is -2.41. The normalized spacial score (nSPS) is 23.1. The molecule has 194 valence electrons. The Morgan fingerprint density at radius 1 is 0.917 bits per heavy atom. The fraction of sp³-hybridized carbons (Fsp3) is 0.552. The van der Waals surface area contributed by atoms with E-state index >= 15 is 0 Å². The van der Waals surface area contributed by atoms with E-state index < -0.39 is 0 Å². The van der Waals surface area contributed by atoms with Gasteiger partial charge in [-0.05, 0) is 69.7 Å². The van der Waals surface area contributed by atoms with Crippen LogP contribution in [0.25, 0.3) is 0 Å². The van der Waals surface area contributed by atoms with E-state index in [2.05, 4.69) is 83.3 Å². The highest BCUT2D eigenvalue weighted by Crippen LogP contribution is 2.41. The molecule has 2 aromatic carbocycles. The number of piperazine rings is 1. The summed E-state index contributed by atoms with van der Waals surface area (Å²) in [5.41, 5.74) is 5.86. The summed E-state index contributed by atoms with van der Waals surface area (Å²) >= 11 is 0. The maximum absolute atomic E-state index is 12.6. The van der Waals surface area contributed by atoms with Gasteiger partial charge in [-0.2, -0.15) is 0 Å². The van der Waals surface area contributed by atoms with Gasteiger partial charge in [0.15, 0.2) is 0 Å². The van der Waals surface area contributed by atoms with Crippen molar-refractivity contribution in [3.05, 3.63) is 48.0 Å². The Kier molecular flexibility index (Phi) is 7.39. The first-order valence-electron chi connectivity index (χ1n) is 13.5. The third kappa shape index (κ3) is 5.18. The Labute approximate surface area is 216 Å². The van der Waals surface area contributed by atoms with Crippen molar-refractivity contribution in [2.24, 2.45) is 0 Å². The van der Waals surface area contributed by atoms with E-state index in [-0.39, 0.29) is 18.0 Å². The summed E-state index contributed by atoms with van der Waals surface area (Å²) in [6.07, 6.45) is 0.877. The summed E-state index contributed by atoms with van der Waals surface area (Å²) in [4.78, 5) is 22.0. The number of nitrogens with zero attached hydrogens (tertiary/aromatic N) is 4. The van der Waals surface area contributed by atoms with Gasteiger partial charge in [-0.3, -0.25) is 9.69 Å². The van der Waals surface area contributed by atoms with Crippen LogP contribution in [0.15, 0.2) is 42.5 Å². The molecule has 2 saturated heterocycles. The van der Waals surface area contributed by atoms with Crippen molar-refractivity contribution in [3.63, 3.8) is 0 Å². The smallest absolute Gasteiger partial charge is 0.224 e. The van der Waals surface area contributed by atoms with Gasteiger partial charge in [0, 0.05) is 86.6 Å². The molecule has 2 fully saturated rings. The second-order valence-corrected chi connectivity index (χ2v) is 10.7. The standard InChI is InChI=1S/C29H41N5O2/c1-21(2)31-11-13-32(14-12-31)26-9-10-29-27(20-26)28(19-22(3)34(29)23(4)35)30-24-5-7-25(8-6-24)33-15-17-36-18-16-33/h5-10,20-22,28,30H,11-19H2,1-4H3. The molecule has 1 N–H and O–H groups in total. The van der Waals surface area contributed by atoms with Gasteiger partial charge in [-0.1, -0.05) is 0 Å². The topological polar surface area (TPSA) is 51.3 Å². The number of hydrogen-bond donors (Lipinski definition) is 1. The number of rotatable bonds is 5. The Balaban J connectivity index is 1.38. The molecule has 0 aliphatic carbocycles.